The number of nitrogens with one attached hydrogen (secondary N) is 1. The van der Waals surface area contributed by atoms with E-state index in [-0.39, 0.29) is 24.8 Å². The molecular formula is C22H23ClN2O4. The normalized spacial score (nSPS) is 14.0. The zero-order chi connectivity index (χ0) is 21.1. The number of halogens is 1. The zero-order valence-corrected chi connectivity index (χ0v) is 17.6. The monoisotopic (exact) mass is 414 g/mol. The predicted octanol–water partition coefficient (Wildman–Crippen LogP) is 3.80. The van der Waals surface area contributed by atoms with E-state index in [9.17, 15) is 9.59 Å². The lowest BCUT2D eigenvalue weighted by molar-refractivity contribution is -0.137. The standard InChI is InChI=1S/C22H23ClN2O4/c1-13-5-6-15(11-14(13)2)19-20(22(27)25(21(19)26)9-10-28-3)24-16-7-8-18(29-4)17(23)12-16/h5-8,11-12,24H,9-10H2,1-4H3. The van der Waals surface area contributed by atoms with Crippen molar-refractivity contribution < 1.29 is 19.1 Å². The largest absolute Gasteiger partial charge is 0.495 e. The molecule has 0 saturated heterocycles. The summed E-state index contributed by atoms with van der Waals surface area (Å²) in [6.45, 7) is 4.41. The number of anilines is 1. The molecule has 0 saturated carbocycles. The molecule has 1 heterocycles. The maximum Gasteiger partial charge on any atom is 0.278 e. The van der Waals surface area contributed by atoms with Crippen molar-refractivity contribution >= 4 is 34.7 Å². The van der Waals surface area contributed by atoms with Gasteiger partial charge in [0.15, 0.2) is 0 Å². The van der Waals surface area contributed by atoms with E-state index in [4.69, 9.17) is 21.1 Å². The zero-order valence-electron chi connectivity index (χ0n) is 16.8. The van der Waals surface area contributed by atoms with E-state index in [2.05, 4.69) is 5.32 Å². The van der Waals surface area contributed by atoms with Crippen LogP contribution in [0.5, 0.6) is 5.75 Å². The number of benzene rings is 2. The van der Waals surface area contributed by atoms with E-state index in [0.29, 0.717) is 27.6 Å². The van der Waals surface area contributed by atoms with Gasteiger partial charge in [0.25, 0.3) is 11.8 Å². The molecule has 2 aromatic rings. The summed E-state index contributed by atoms with van der Waals surface area (Å²) < 4.78 is 10.2. The van der Waals surface area contributed by atoms with Crippen molar-refractivity contribution in [1.82, 2.24) is 4.90 Å². The van der Waals surface area contributed by atoms with E-state index in [1.807, 2.05) is 32.0 Å². The number of amides is 2. The van der Waals surface area contributed by atoms with Gasteiger partial charge in [-0.2, -0.15) is 0 Å². The topological polar surface area (TPSA) is 67.9 Å². The van der Waals surface area contributed by atoms with E-state index in [1.54, 1.807) is 18.2 Å². The van der Waals surface area contributed by atoms with Gasteiger partial charge in [-0.3, -0.25) is 14.5 Å². The maximum absolute atomic E-state index is 13.1. The quantitative estimate of drug-likeness (QED) is 0.698. The molecule has 1 N–H and O–H groups in total. The van der Waals surface area contributed by atoms with E-state index < -0.39 is 5.91 Å². The Labute approximate surface area is 175 Å². The van der Waals surface area contributed by atoms with Crippen LogP contribution in [0.2, 0.25) is 5.02 Å². The summed E-state index contributed by atoms with van der Waals surface area (Å²) in [6, 6.07) is 10.8. The van der Waals surface area contributed by atoms with Crippen molar-refractivity contribution in [2.24, 2.45) is 0 Å². The van der Waals surface area contributed by atoms with Crippen LogP contribution in [0.1, 0.15) is 16.7 Å². The first-order valence-electron chi connectivity index (χ1n) is 9.15. The van der Waals surface area contributed by atoms with Crippen molar-refractivity contribution in [3.63, 3.8) is 0 Å². The summed E-state index contributed by atoms with van der Waals surface area (Å²) >= 11 is 6.21. The Morgan fingerprint density at radius 3 is 2.38 bits per heavy atom. The van der Waals surface area contributed by atoms with Crippen LogP contribution >= 0.6 is 11.6 Å². The Morgan fingerprint density at radius 2 is 1.76 bits per heavy atom. The molecule has 0 fully saturated rings. The molecule has 6 nitrogen and oxygen atoms in total. The summed E-state index contributed by atoms with van der Waals surface area (Å²) in [4.78, 5) is 27.3. The molecule has 0 radical (unpaired) electrons. The highest BCUT2D eigenvalue weighted by Crippen LogP contribution is 2.33. The average Bonchev–Trinajstić information content (AvgIpc) is 2.92. The van der Waals surface area contributed by atoms with Gasteiger partial charge in [0.05, 0.1) is 30.9 Å². The molecule has 29 heavy (non-hydrogen) atoms. The van der Waals surface area contributed by atoms with Crippen LogP contribution in [0.4, 0.5) is 5.69 Å². The second-order valence-corrected chi connectivity index (χ2v) is 7.19. The molecule has 0 atom stereocenters. The smallest absolute Gasteiger partial charge is 0.278 e. The number of carbonyl (C=O) groups is 2. The lowest BCUT2D eigenvalue weighted by Crippen LogP contribution is -2.35. The van der Waals surface area contributed by atoms with Gasteiger partial charge in [-0.05, 0) is 48.7 Å². The van der Waals surface area contributed by atoms with Gasteiger partial charge in [-0.15, -0.1) is 0 Å². The van der Waals surface area contributed by atoms with Crippen molar-refractivity contribution in [1.29, 1.82) is 0 Å². The second-order valence-electron chi connectivity index (χ2n) is 6.78. The van der Waals surface area contributed by atoms with Crippen LogP contribution in [0.15, 0.2) is 42.1 Å². The Bertz CT molecular complexity index is 1000. The fourth-order valence-corrected chi connectivity index (χ4v) is 3.39. The number of rotatable bonds is 7. The molecule has 0 aromatic heterocycles. The third kappa shape index (κ3) is 4.13. The highest BCUT2D eigenvalue weighted by atomic mass is 35.5. The summed E-state index contributed by atoms with van der Waals surface area (Å²) in [7, 11) is 3.06. The first-order valence-corrected chi connectivity index (χ1v) is 9.52. The van der Waals surface area contributed by atoms with Gasteiger partial charge >= 0.3 is 0 Å². The van der Waals surface area contributed by atoms with Crippen LogP contribution < -0.4 is 10.1 Å². The fourth-order valence-electron chi connectivity index (χ4n) is 3.13. The molecule has 0 bridgehead atoms. The minimum Gasteiger partial charge on any atom is -0.495 e. The van der Waals surface area contributed by atoms with Crippen molar-refractivity contribution in [2.45, 2.75) is 13.8 Å². The third-order valence-corrected chi connectivity index (χ3v) is 5.20. The summed E-state index contributed by atoms with van der Waals surface area (Å²) in [5.41, 5.74) is 3.98. The molecule has 2 amide bonds. The summed E-state index contributed by atoms with van der Waals surface area (Å²) in [6.07, 6.45) is 0. The molecule has 0 aliphatic carbocycles. The summed E-state index contributed by atoms with van der Waals surface area (Å²) in [5, 5.41) is 3.49. The number of hydrogen-bond donors (Lipinski definition) is 1. The van der Waals surface area contributed by atoms with E-state index >= 15 is 0 Å². The van der Waals surface area contributed by atoms with Gasteiger partial charge < -0.3 is 14.8 Å². The fraction of sp³-hybridized carbons (Fsp3) is 0.273. The molecular weight excluding hydrogens is 392 g/mol. The number of aryl methyl sites for hydroxylation is 2. The number of hydrogen-bond acceptors (Lipinski definition) is 5. The number of methoxy groups -OCH3 is 2. The SMILES string of the molecule is COCCN1C(=O)C(Nc2ccc(OC)c(Cl)c2)=C(c2ccc(C)c(C)c2)C1=O. The van der Waals surface area contributed by atoms with Gasteiger partial charge in [-0.25, -0.2) is 0 Å². The molecule has 1 aliphatic rings. The maximum atomic E-state index is 13.1. The Morgan fingerprint density at radius 1 is 1.00 bits per heavy atom. The first-order chi connectivity index (χ1) is 13.9. The highest BCUT2D eigenvalue weighted by molar-refractivity contribution is 6.36. The number of ether oxygens (including phenoxy) is 2. The van der Waals surface area contributed by atoms with Crippen LogP contribution in [-0.4, -0.2) is 44.1 Å². The third-order valence-electron chi connectivity index (χ3n) is 4.90. The van der Waals surface area contributed by atoms with Crippen molar-refractivity contribution in [3.05, 3.63) is 63.8 Å². The average molecular weight is 415 g/mol. The van der Waals surface area contributed by atoms with Crippen LogP contribution in [0, 0.1) is 13.8 Å². The van der Waals surface area contributed by atoms with E-state index in [1.165, 1.54) is 19.1 Å². The van der Waals surface area contributed by atoms with Crippen LogP contribution in [0.25, 0.3) is 5.57 Å². The minimum atomic E-state index is -0.396. The molecule has 152 valence electrons. The molecule has 0 spiro atoms. The summed E-state index contributed by atoms with van der Waals surface area (Å²) in [5.74, 6) is -0.222. The molecule has 3 rings (SSSR count). The lowest BCUT2D eigenvalue weighted by Gasteiger charge is -2.14. The number of imide groups is 1. The molecule has 7 heteroatoms. The van der Waals surface area contributed by atoms with Gasteiger partial charge in [0.1, 0.15) is 11.4 Å². The van der Waals surface area contributed by atoms with Crippen LogP contribution in [0.3, 0.4) is 0 Å². The van der Waals surface area contributed by atoms with Gasteiger partial charge in [0.2, 0.25) is 0 Å². The van der Waals surface area contributed by atoms with Crippen molar-refractivity contribution in [2.75, 3.05) is 32.7 Å². The predicted molar refractivity (Wildman–Crippen MR) is 113 cm³/mol. The Balaban J connectivity index is 2.06. The number of carbonyl (C=O) groups excluding carboxylic acids is 2. The molecule has 1 aliphatic heterocycles. The van der Waals surface area contributed by atoms with Gasteiger partial charge in [-0.1, -0.05) is 29.8 Å². The Kier molecular flexibility index (Phi) is 6.25. The number of nitrogens with zero attached hydrogens (tertiary/aromatic N) is 1. The second kappa shape index (κ2) is 8.68. The molecule has 0 unspecified atom stereocenters. The van der Waals surface area contributed by atoms with Crippen molar-refractivity contribution in [3.8, 4) is 5.75 Å². The minimum absolute atomic E-state index is 0.178. The lowest BCUT2D eigenvalue weighted by atomic mass is 9.99. The van der Waals surface area contributed by atoms with Gasteiger partial charge in [0, 0.05) is 12.8 Å². The molecule has 2 aromatic carbocycles. The highest BCUT2D eigenvalue weighted by Gasteiger charge is 2.39. The Hall–Kier alpha value is -2.83. The first kappa shape index (κ1) is 20.9. The van der Waals surface area contributed by atoms with Crippen LogP contribution in [-0.2, 0) is 14.3 Å². The van der Waals surface area contributed by atoms with E-state index in [0.717, 1.165) is 11.1 Å².